The van der Waals surface area contributed by atoms with Gasteiger partial charge in [-0.1, -0.05) is 6.07 Å². The number of phenols is 1. The number of ether oxygens (including phenoxy) is 1. The van der Waals surface area contributed by atoms with Gasteiger partial charge in [0.15, 0.2) is 0 Å². The average Bonchev–Trinajstić information content (AvgIpc) is 2.78. The number of sulfonamides is 1. The predicted octanol–water partition coefficient (Wildman–Crippen LogP) is 1.74. The summed E-state index contributed by atoms with van der Waals surface area (Å²) in [6.07, 6.45) is 0.146. The molecule has 0 bridgehead atoms. The van der Waals surface area contributed by atoms with E-state index in [-0.39, 0.29) is 47.8 Å². The van der Waals surface area contributed by atoms with E-state index in [0.29, 0.717) is 30.6 Å². The summed E-state index contributed by atoms with van der Waals surface area (Å²) >= 11 is 0. The Bertz CT molecular complexity index is 1080. The molecule has 2 aromatic rings. The van der Waals surface area contributed by atoms with Crippen molar-refractivity contribution in [2.24, 2.45) is 0 Å². The highest BCUT2D eigenvalue weighted by atomic mass is 32.2. The minimum atomic E-state index is -3.66. The van der Waals surface area contributed by atoms with Crippen molar-refractivity contribution >= 4 is 21.8 Å². The van der Waals surface area contributed by atoms with Crippen LogP contribution in [0, 0.1) is 0 Å². The molecule has 1 heterocycles. The molecule has 2 aromatic carbocycles. The van der Waals surface area contributed by atoms with Gasteiger partial charge in [-0.3, -0.25) is 9.59 Å². The van der Waals surface area contributed by atoms with Crippen molar-refractivity contribution < 1.29 is 27.9 Å². The molecule has 1 saturated heterocycles. The first-order valence-corrected chi connectivity index (χ1v) is 12.2. The Hall–Kier alpha value is -2.95. The topological polar surface area (TPSA) is 125 Å². The summed E-state index contributed by atoms with van der Waals surface area (Å²) in [6.45, 7) is 4.94. The highest BCUT2D eigenvalue weighted by molar-refractivity contribution is 7.89. The van der Waals surface area contributed by atoms with Gasteiger partial charge in [-0.05, 0) is 62.7 Å². The predicted molar refractivity (Wildman–Crippen MR) is 123 cm³/mol. The molecular formula is C23H29N3O6S. The Labute approximate surface area is 193 Å². The van der Waals surface area contributed by atoms with Crippen molar-refractivity contribution in [3.8, 4) is 5.75 Å². The number of hydrogen-bond acceptors (Lipinski definition) is 6. The number of aromatic hydroxyl groups is 1. The van der Waals surface area contributed by atoms with E-state index >= 15 is 0 Å². The Morgan fingerprint density at radius 2 is 1.55 bits per heavy atom. The molecule has 0 saturated carbocycles. The second kappa shape index (κ2) is 10.8. The molecule has 2 amide bonds. The number of rotatable bonds is 8. The second-order valence-electron chi connectivity index (χ2n) is 8.02. The maximum atomic E-state index is 12.9. The van der Waals surface area contributed by atoms with Crippen LogP contribution >= 0.6 is 0 Å². The van der Waals surface area contributed by atoms with E-state index in [9.17, 15) is 23.1 Å². The summed E-state index contributed by atoms with van der Waals surface area (Å²) in [5, 5.41) is 14.9. The molecule has 33 heavy (non-hydrogen) atoms. The fraction of sp³-hybridized carbons (Fsp3) is 0.391. The standard InChI is InChI=1S/C23H29N3O6S/c1-16-14-26(15-17(2)32-16)33(30,31)21-9-7-18(8-10-21)22(28)24-11-4-12-25-23(29)19-5-3-6-20(27)13-19/h3,5-10,13,16-17,27H,4,11-12,14-15H2,1-2H3,(H,24,28)(H,25,29). The van der Waals surface area contributed by atoms with Crippen LogP contribution in [-0.4, -0.2) is 68.0 Å². The minimum Gasteiger partial charge on any atom is -0.508 e. The zero-order valence-electron chi connectivity index (χ0n) is 18.7. The first-order chi connectivity index (χ1) is 15.7. The number of amides is 2. The summed E-state index contributed by atoms with van der Waals surface area (Å²) in [4.78, 5) is 24.5. The number of nitrogens with zero attached hydrogens (tertiary/aromatic N) is 1. The zero-order valence-corrected chi connectivity index (χ0v) is 19.5. The lowest BCUT2D eigenvalue weighted by atomic mass is 10.2. The summed E-state index contributed by atoms with van der Waals surface area (Å²) in [7, 11) is -3.66. The minimum absolute atomic E-state index is 0.0165. The van der Waals surface area contributed by atoms with Crippen LogP contribution in [0.25, 0.3) is 0 Å². The van der Waals surface area contributed by atoms with E-state index < -0.39 is 10.0 Å². The third-order valence-corrected chi connectivity index (χ3v) is 7.02. The first-order valence-electron chi connectivity index (χ1n) is 10.8. The van der Waals surface area contributed by atoms with Gasteiger partial charge in [0.2, 0.25) is 10.0 Å². The Kier molecular flexibility index (Phi) is 8.06. The van der Waals surface area contributed by atoms with E-state index in [1.54, 1.807) is 12.1 Å². The van der Waals surface area contributed by atoms with Crippen molar-refractivity contribution in [3.05, 3.63) is 59.7 Å². The van der Waals surface area contributed by atoms with Crippen molar-refractivity contribution in [1.82, 2.24) is 14.9 Å². The number of hydrogen-bond donors (Lipinski definition) is 3. The highest BCUT2D eigenvalue weighted by Gasteiger charge is 2.32. The smallest absolute Gasteiger partial charge is 0.251 e. The van der Waals surface area contributed by atoms with E-state index in [0.717, 1.165) is 0 Å². The number of carbonyl (C=O) groups excluding carboxylic acids is 2. The molecule has 3 N–H and O–H groups in total. The Morgan fingerprint density at radius 1 is 0.970 bits per heavy atom. The van der Waals surface area contributed by atoms with Crippen LogP contribution in [0.2, 0.25) is 0 Å². The van der Waals surface area contributed by atoms with E-state index in [1.165, 1.54) is 40.7 Å². The van der Waals surface area contributed by atoms with Crippen LogP contribution in [0.1, 0.15) is 41.0 Å². The largest absolute Gasteiger partial charge is 0.508 e. The number of phenolic OH excluding ortho intramolecular Hbond substituents is 1. The van der Waals surface area contributed by atoms with Crippen LogP contribution in [0.3, 0.4) is 0 Å². The van der Waals surface area contributed by atoms with Crippen molar-refractivity contribution in [2.75, 3.05) is 26.2 Å². The normalized spacial score (nSPS) is 19.1. The summed E-state index contributed by atoms with van der Waals surface area (Å²) in [6, 6.07) is 11.9. The molecule has 0 radical (unpaired) electrons. The lowest BCUT2D eigenvalue weighted by Crippen LogP contribution is -2.48. The van der Waals surface area contributed by atoms with Gasteiger partial charge in [0, 0.05) is 37.3 Å². The fourth-order valence-electron chi connectivity index (χ4n) is 3.60. The Morgan fingerprint density at radius 3 is 2.12 bits per heavy atom. The SMILES string of the molecule is CC1CN(S(=O)(=O)c2ccc(C(=O)NCCCNC(=O)c3cccc(O)c3)cc2)CC(C)O1. The number of benzene rings is 2. The van der Waals surface area contributed by atoms with Crippen LogP contribution < -0.4 is 10.6 Å². The molecule has 178 valence electrons. The van der Waals surface area contributed by atoms with Crippen molar-refractivity contribution in [2.45, 2.75) is 37.4 Å². The molecule has 2 atom stereocenters. The van der Waals surface area contributed by atoms with Crippen molar-refractivity contribution in [3.63, 3.8) is 0 Å². The second-order valence-corrected chi connectivity index (χ2v) is 9.96. The fourth-order valence-corrected chi connectivity index (χ4v) is 5.19. The van der Waals surface area contributed by atoms with Gasteiger partial charge in [0.25, 0.3) is 11.8 Å². The van der Waals surface area contributed by atoms with Gasteiger partial charge >= 0.3 is 0 Å². The third kappa shape index (κ3) is 6.53. The molecule has 3 rings (SSSR count). The summed E-state index contributed by atoms with van der Waals surface area (Å²) in [5.41, 5.74) is 0.705. The van der Waals surface area contributed by atoms with Crippen LogP contribution in [-0.2, 0) is 14.8 Å². The average molecular weight is 476 g/mol. The number of carbonyl (C=O) groups is 2. The molecule has 0 spiro atoms. The highest BCUT2D eigenvalue weighted by Crippen LogP contribution is 2.21. The summed E-state index contributed by atoms with van der Waals surface area (Å²) < 4.78 is 32.8. The third-order valence-electron chi connectivity index (χ3n) is 5.17. The van der Waals surface area contributed by atoms with Crippen LogP contribution in [0.4, 0.5) is 0 Å². The molecule has 9 nitrogen and oxygen atoms in total. The molecule has 0 aromatic heterocycles. The van der Waals surface area contributed by atoms with E-state index in [1.807, 2.05) is 13.8 Å². The monoisotopic (exact) mass is 475 g/mol. The van der Waals surface area contributed by atoms with Gasteiger partial charge in [0.05, 0.1) is 17.1 Å². The maximum Gasteiger partial charge on any atom is 0.251 e. The molecule has 0 aliphatic carbocycles. The lowest BCUT2D eigenvalue weighted by Gasteiger charge is -2.34. The molecular weight excluding hydrogens is 446 g/mol. The molecule has 10 heteroatoms. The van der Waals surface area contributed by atoms with Gasteiger partial charge in [0.1, 0.15) is 5.75 Å². The van der Waals surface area contributed by atoms with E-state index in [2.05, 4.69) is 10.6 Å². The quantitative estimate of drug-likeness (QED) is 0.500. The molecule has 1 fully saturated rings. The molecule has 2 unspecified atom stereocenters. The van der Waals surface area contributed by atoms with Crippen LogP contribution in [0.15, 0.2) is 53.4 Å². The van der Waals surface area contributed by atoms with Gasteiger partial charge in [-0.15, -0.1) is 0 Å². The maximum absolute atomic E-state index is 12.9. The number of nitrogens with one attached hydrogen (secondary N) is 2. The van der Waals surface area contributed by atoms with Crippen LogP contribution in [0.5, 0.6) is 5.75 Å². The Balaban J connectivity index is 1.47. The first kappa shape index (κ1) is 24.7. The molecule has 1 aliphatic heterocycles. The molecule has 1 aliphatic rings. The van der Waals surface area contributed by atoms with Crippen molar-refractivity contribution in [1.29, 1.82) is 0 Å². The van der Waals surface area contributed by atoms with E-state index in [4.69, 9.17) is 4.74 Å². The van der Waals surface area contributed by atoms with Gasteiger partial charge in [-0.25, -0.2) is 8.42 Å². The van der Waals surface area contributed by atoms with Gasteiger partial charge < -0.3 is 20.5 Å². The van der Waals surface area contributed by atoms with Gasteiger partial charge in [-0.2, -0.15) is 4.31 Å². The summed E-state index contributed by atoms with van der Waals surface area (Å²) in [5.74, 6) is -0.618. The lowest BCUT2D eigenvalue weighted by molar-refractivity contribution is -0.0440. The zero-order chi connectivity index (χ0) is 24.0. The number of morpholine rings is 1.